The Bertz CT molecular complexity index is 674. The van der Waals surface area contributed by atoms with Crippen LogP contribution in [0.25, 0.3) is 0 Å². The van der Waals surface area contributed by atoms with E-state index in [0.717, 1.165) is 16.2 Å². The molecule has 0 spiro atoms. The highest BCUT2D eigenvalue weighted by atomic mass is 35.5. The number of thioether (sulfide) groups is 1. The maximum atomic E-state index is 8.78. The molecule has 0 saturated carbocycles. The van der Waals surface area contributed by atoms with Gasteiger partial charge >= 0.3 is 0 Å². The van der Waals surface area contributed by atoms with Crippen LogP contribution in [-0.4, -0.2) is 11.7 Å². The third kappa shape index (κ3) is 4.98. The fraction of sp³-hybridized carbons (Fsp3) is 0.176. The van der Waals surface area contributed by atoms with Gasteiger partial charge in [-0.3, -0.25) is 0 Å². The highest BCUT2D eigenvalue weighted by molar-refractivity contribution is 7.98. The van der Waals surface area contributed by atoms with E-state index in [4.69, 9.17) is 28.3 Å². The van der Waals surface area contributed by atoms with Crippen LogP contribution in [0.15, 0.2) is 47.4 Å². The first-order valence-electron chi connectivity index (χ1n) is 6.46. The summed E-state index contributed by atoms with van der Waals surface area (Å²) >= 11 is 13.6. The van der Waals surface area contributed by atoms with Crippen LogP contribution >= 0.6 is 35.0 Å². The second-order valence-corrected chi connectivity index (χ2v) is 6.16. The van der Waals surface area contributed by atoms with Crippen molar-refractivity contribution in [1.82, 2.24) is 0 Å². The summed E-state index contributed by atoms with van der Waals surface area (Å²) in [6, 6.07) is 13.7. The predicted molar refractivity (Wildman–Crippen MR) is 91.0 cm³/mol. The molecule has 2 rings (SSSR count). The van der Waals surface area contributed by atoms with Crippen molar-refractivity contribution in [2.45, 2.75) is 17.1 Å². The Balaban J connectivity index is 2.09. The fourth-order valence-corrected chi connectivity index (χ4v) is 3.01. The van der Waals surface area contributed by atoms with Gasteiger partial charge in [-0.2, -0.15) is 0 Å². The molecule has 0 aromatic heterocycles. The maximum Gasteiger partial charge on any atom is 0.0603 e. The van der Waals surface area contributed by atoms with Gasteiger partial charge in [-0.05, 0) is 29.8 Å². The molecule has 0 aliphatic carbocycles. The van der Waals surface area contributed by atoms with E-state index in [0.29, 0.717) is 16.5 Å². The van der Waals surface area contributed by atoms with Crippen molar-refractivity contribution >= 4 is 35.0 Å². The summed E-state index contributed by atoms with van der Waals surface area (Å²) in [5.41, 5.74) is 2.16. The minimum absolute atomic E-state index is 0.0905. The molecule has 0 bridgehead atoms. The third-order valence-corrected chi connectivity index (χ3v) is 4.54. The van der Waals surface area contributed by atoms with Crippen LogP contribution in [0.5, 0.6) is 0 Å². The van der Waals surface area contributed by atoms with E-state index in [1.807, 2.05) is 30.3 Å². The number of rotatable bonds is 4. The quantitative estimate of drug-likeness (QED) is 0.624. The van der Waals surface area contributed by atoms with Crippen LogP contribution in [0.3, 0.4) is 0 Å². The second kappa shape index (κ2) is 8.36. The van der Waals surface area contributed by atoms with Gasteiger partial charge in [0.15, 0.2) is 0 Å². The number of halogens is 2. The minimum atomic E-state index is 0.0905. The molecule has 0 aliphatic rings. The van der Waals surface area contributed by atoms with E-state index in [2.05, 4.69) is 17.9 Å². The molecule has 4 heteroatoms. The molecule has 0 unspecified atom stereocenters. The molecule has 0 amide bonds. The number of hydrogen-bond acceptors (Lipinski definition) is 2. The van der Waals surface area contributed by atoms with Gasteiger partial charge in [-0.1, -0.05) is 53.2 Å². The first kappa shape index (κ1) is 16.3. The molecule has 0 aliphatic heterocycles. The summed E-state index contributed by atoms with van der Waals surface area (Å²) in [6.45, 7) is 0.0905. The Kier molecular flexibility index (Phi) is 6.48. The molecular formula is C17H14Cl2OS. The number of aliphatic hydroxyl groups is 1. The number of hydrogen-bond donors (Lipinski definition) is 1. The van der Waals surface area contributed by atoms with E-state index >= 15 is 0 Å². The highest BCUT2D eigenvalue weighted by Gasteiger charge is 2.03. The lowest BCUT2D eigenvalue weighted by molar-refractivity contribution is 0.305. The zero-order valence-electron chi connectivity index (χ0n) is 11.3. The largest absolute Gasteiger partial charge is 0.395 e. The second-order valence-electron chi connectivity index (χ2n) is 4.30. The molecule has 0 saturated heterocycles. The molecule has 0 heterocycles. The maximum absolute atomic E-state index is 8.78. The smallest absolute Gasteiger partial charge is 0.0603 e. The Labute approximate surface area is 139 Å². The first-order chi connectivity index (χ1) is 10.2. The monoisotopic (exact) mass is 336 g/mol. The standard InChI is InChI=1S/C17H14Cl2OS/c18-16-9-8-15(11-17(16)19)21-12-14-7-2-1-5-13(14)6-3-4-10-20/h1-2,5,7-9,11,20H,4,10,12H2. The van der Waals surface area contributed by atoms with Crippen LogP contribution in [0.1, 0.15) is 17.5 Å². The SMILES string of the molecule is OCCC#Cc1ccccc1CSc1ccc(Cl)c(Cl)c1. The number of aliphatic hydroxyl groups excluding tert-OH is 1. The molecule has 0 radical (unpaired) electrons. The minimum Gasteiger partial charge on any atom is -0.395 e. The Morgan fingerprint density at radius 1 is 1.05 bits per heavy atom. The van der Waals surface area contributed by atoms with Crippen LogP contribution in [-0.2, 0) is 5.75 Å². The molecule has 0 atom stereocenters. The van der Waals surface area contributed by atoms with Gasteiger partial charge < -0.3 is 5.11 Å². The Hall–Kier alpha value is -1.11. The highest BCUT2D eigenvalue weighted by Crippen LogP contribution is 2.30. The third-order valence-electron chi connectivity index (χ3n) is 2.76. The topological polar surface area (TPSA) is 20.2 Å². The lowest BCUT2D eigenvalue weighted by Crippen LogP contribution is -1.87. The normalized spacial score (nSPS) is 10.0. The molecule has 0 fully saturated rings. The molecular weight excluding hydrogens is 323 g/mol. The summed E-state index contributed by atoms with van der Waals surface area (Å²) in [4.78, 5) is 1.07. The molecule has 108 valence electrons. The number of benzene rings is 2. The van der Waals surface area contributed by atoms with Crippen molar-refractivity contribution in [1.29, 1.82) is 0 Å². The average Bonchev–Trinajstić information content (AvgIpc) is 2.50. The summed E-state index contributed by atoms with van der Waals surface area (Å²) < 4.78 is 0. The van der Waals surface area contributed by atoms with E-state index in [1.54, 1.807) is 17.8 Å². The van der Waals surface area contributed by atoms with Crippen molar-refractivity contribution in [3.8, 4) is 11.8 Å². The van der Waals surface area contributed by atoms with Crippen molar-refractivity contribution in [3.63, 3.8) is 0 Å². The zero-order chi connectivity index (χ0) is 15.1. The van der Waals surface area contributed by atoms with Gasteiger partial charge in [0.05, 0.1) is 16.7 Å². The van der Waals surface area contributed by atoms with Gasteiger partial charge in [0.2, 0.25) is 0 Å². The molecule has 1 N–H and O–H groups in total. The predicted octanol–water partition coefficient (Wildman–Crippen LogP) is 5.02. The van der Waals surface area contributed by atoms with Gasteiger partial charge in [0.25, 0.3) is 0 Å². The van der Waals surface area contributed by atoms with Crippen molar-refractivity contribution < 1.29 is 5.11 Å². The lowest BCUT2D eigenvalue weighted by Gasteiger charge is -2.06. The molecule has 1 nitrogen and oxygen atoms in total. The van der Waals surface area contributed by atoms with Crippen LogP contribution in [0.4, 0.5) is 0 Å². The average molecular weight is 337 g/mol. The Morgan fingerprint density at radius 3 is 2.62 bits per heavy atom. The van der Waals surface area contributed by atoms with E-state index in [9.17, 15) is 0 Å². The molecule has 21 heavy (non-hydrogen) atoms. The zero-order valence-corrected chi connectivity index (χ0v) is 13.6. The van der Waals surface area contributed by atoms with Crippen molar-refractivity contribution in [3.05, 3.63) is 63.6 Å². The van der Waals surface area contributed by atoms with Crippen LogP contribution in [0.2, 0.25) is 10.0 Å². The van der Waals surface area contributed by atoms with Gasteiger partial charge in [0, 0.05) is 22.6 Å². The Morgan fingerprint density at radius 2 is 1.86 bits per heavy atom. The van der Waals surface area contributed by atoms with Crippen LogP contribution in [0, 0.1) is 11.8 Å². The lowest BCUT2D eigenvalue weighted by atomic mass is 10.1. The van der Waals surface area contributed by atoms with Gasteiger partial charge in [0.1, 0.15) is 0 Å². The van der Waals surface area contributed by atoms with Crippen molar-refractivity contribution in [2.24, 2.45) is 0 Å². The molecule has 2 aromatic carbocycles. The van der Waals surface area contributed by atoms with Crippen molar-refractivity contribution in [2.75, 3.05) is 6.61 Å². The van der Waals surface area contributed by atoms with Gasteiger partial charge in [-0.25, -0.2) is 0 Å². The summed E-state index contributed by atoms with van der Waals surface area (Å²) in [5.74, 6) is 6.87. The van der Waals surface area contributed by atoms with E-state index in [-0.39, 0.29) is 6.61 Å². The molecule has 2 aromatic rings. The van der Waals surface area contributed by atoms with E-state index < -0.39 is 0 Å². The van der Waals surface area contributed by atoms with E-state index in [1.165, 1.54) is 5.56 Å². The fourth-order valence-electron chi connectivity index (χ4n) is 1.71. The summed E-state index contributed by atoms with van der Waals surface area (Å²) in [5, 5.41) is 9.92. The van der Waals surface area contributed by atoms with Crippen LogP contribution < -0.4 is 0 Å². The first-order valence-corrected chi connectivity index (χ1v) is 8.20. The van der Waals surface area contributed by atoms with Gasteiger partial charge in [-0.15, -0.1) is 11.8 Å². The summed E-state index contributed by atoms with van der Waals surface area (Å²) in [6.07, 6.45) is 0.494. The summed E-state index contributed by atoms with van der Waals surface area (Å²) in [7, 11) is 0.